The molecular weight excluding hydrogens is 282 g/mol. The molecule has 0 saturated carbocycles. The van der Waals surface area contributed by atoms with Gasteiger partial charge in [0.15, 0.2) is 9.84 Å². The van der Waals surface area contributed by atoms with Gasteiger partial charge in [0.2, 0.25) is 0 Å². The molecule has 1 heterocycles. The van der Waals surface area contributed by atoms with Crippen LogP contribution in [0.5, 0.6) is 0 Å². The van der Waals surface area contributed by atoms with Crippen molar-refractivity contribution in [2.45, 2.75) is 25.0 Å². The van der Waals surface area contributed by atoms with Crippen molar-refractivity contribution in [2.24, 2.45) is 0 Å². The molecule has 0 atom stereocenters. The van der Waals surface area contributed by atoms with Gasteiger partial charge in [-0.15, -0.1) is 0 Å². The van der Waals surface area contributed by atoms with E-state index in [4.69, 9.17) is 0 Å². The van der Waals surface area contributed by atoms with E-state index in [0.717, 1.165) is 0 Å². The van der Waals surface area contributed by atoms with E-state index in [2.05, 4.69) is 10.6 Å². The minimum atomic E-state index is -3.91. The van der Waals surface area contributed by atoms with Crippen molar-refractivity contribution in [3.05, 3.63) is 10.6 Å². The predicted octanol–water partition coefficient (Wildman–Crippen LogP) is -5.49. The van der Waals surface area contributed by atoms with Crippen LogP contribution >= 0.6 is 0 Å². The van der Waals surface area contributed by atoms with Crippen LogP contribution in [0.4, 0.5) is 4.79 Å². The van der Waals surface area contributed by atoms with Crippen LogP contribution in [-0.2, 0) is 19.4 Å². The van der Waals surface area contributed by atoms with Crippen molar-refractivity contribution in [1.82, 2.24) is 0 Å². The molecule has 1 aliphatic heterocycles. The van der Waals surface area contributed by atoms with Gasteiger partial charge in [-0.2, -0.15) is 0 Å². The minimum absolute atomic E-state index is 0. The number of barbiturate groups is 1. The Morgan fingerprint density at radius 2 is 1.50 bits per heavy atom. The number of hydrogen-bond acceptors (Lipinski definition) is 5. The first-order valence-corrected chi connectivity index (χ1v) is 6.36. The molecule has 1 rings (SSSR count). The monoisotopic (exact) mass is 292 g/mol. The van der Waals surface area contributed by atoms with Crippen LogP contribution in [-0.4, -0.2) is 37.3 Å². The molecule has 90 valence electrons. The van der Waals surface area contributed by atoms with Crippen LogP contribution in [0.1, 0.15) is 19.8 Å². The van der Waals surface area contributed by atoms with E-state index in [-0.39, 0.29) is 64.9 Å². The van der Waals surface area contributed by atoms with E-state index >= 15 is 0 Å². The van der Waals surface area contributed by atoms with Gasteiger partial charge in [-0.3, -0.25) is 0 Å². The summed E-state index contributed by atoms with van der Waals surface area (Å²) < 4.78 is 23.2. The van der Waals surface area contributed by atoms with Crippen molar-refractivity contribution >= 4 is 27.7 Å². The fourth-order valence-electron chi connectivity index (χ4n) is 1.21. The molecule has 18 heavy (non-hydrogen) atoms. The molecule has 1 fully saturated rings. The molecular formula is C8H10N2Na2O5S. The first kappa shape index (κ1) is 20.9. The standard InChI is InChI=1S/C8H12N2O5S.2Na/c1-2-3-4-16(14,15)5-6(11)9-8(13)10-7(5)12;;/h5H,2-4H2,1H3,(H2,9,10,11,12,13);;/q;2*+1/p-2. The maximum Gasteiger partial charge on any atom is 1.00 e. The summed E-state index contributed by atoms with van der Waals surface area (Å²) in [6, 6.07) is -1.24. The maximum atomic E-state index is 11.6. The van der Waals surface area contributed by atoms with Gasteiger partial charge in [-0.05, 0) is 12.5 Å². The molecule has 1 aliphatic rings. The van der Waals surface area contributed by atoms with Gasteiger partial charge in [-0.25, -0.2) is 8.42 Å². The van der Waals surface area contributed by atoms with Gasteiger partial charge in [0, 0.05) is 0 Å². The zero-order chi connectivity index (χ0) is 12.3. The fourth-order valence-corrected chi connectivity index (χ4v) is 2.85. The van der Waals surface area contributed by atoms with E-state index in [1.54, 1.807) is 6.92 Å². The predicted molar refractivity (Wildman–Crippen MR) is 54.6 cm³/mol. The Morgan fingerprint density at radius 1 is 1.06 bits per heavy atom. The molecule has 0 unspecified atom stereocenters. The molecule has 0 bridgehead atoms. The normalized spacial score (nSPS) is 16.2. The molecule has 7 nitrogen and oxygen atoms in total. The number of hydrogen-bond donors (Lipinski definition) is 0. The van der Waals surface area contributed by atoms with Crippen LogP contribution in [0.3, 0.4) is 0 Å². The number of nitrogens with zero attached hydrogens (tertiary/aromatic N) is 2. The fraction of sp³-hybridized carbons (Fsp3) is 0.625. The minimum Gasteiger partial charge on any atom is -0.610 e. The summed E-state index contributed by atoms with van der Waals surface area (Å²) in [5.74, 6) is -2.76. The number of rotatable bonds is 4. The first-order valence-electron chi connectivity index (χ1n) is 4.65. The zero-order valence-electron chi connectivity index (χ0n) is 10.5. The molecule has 0 aliphatic carbocycles. The summed E-state index contributed by atoms with van der Waals surface area (Å²) in [7, 11) is -3.91. The van der Waals surface area contributed by atoms with Crippen LogP contribution < -0.4 is 59.1 Å². The summed E-state index contributed by atoms with van der Waals surface area (Å²) in [5, 5.41) is 3.77. The summed E-state index contributed by atoms with van der Waals surface area (Å²) in [6.45, 7) is 1.78. The SMILES string of the molecule is CCCCS(=O)(=O)C1C(=O)[N-]C(=O)[N-]C1=O.[Na+].[Na+]. The summed E-state index contributed by atoms with van der Waals surface area (Å²) in [6.07, 6.45) is 0.953. The van der Waals surface area contributed by atoms with E-state index in [0.29, 0.717) is 12.8 Å². The Bertz CT molecular complexity index is 417. The maximum absolute atomic E-state index is 11.6. The number of urea groups is 1. The molecule has 0 radical (unpaired) electrons. The summed E-state index contributed by atoms with van der Waals surface area (Å²) in [4.78, 5) is 33.0. The van der Waals surface area contributed by atoms with E-state index in [9.17, 15) is 22.8 Å². The van der Waals surface area contributed by atoms with Gasteiger partial charge in [-0.1, -0.05) is 13.3 Å². The van der Waals surface area contributed by atoms with Crippen molar-refractivity contribution < 1.29 is 81.9 Å². The second-order valence-electron chi connectivity index (χ2n) is 3.28. The Kier molecular flexibility index (Phi) is 10.1. The third kappa shape index (κ3) is 5.28. The third-order valence-electron chi connectivity index (χ3n) is 2.00. The Balaban J connectivity index is 0. The molecule has 0 aromatic rings. The topological polar surface area (TPSA) is 114 Å². The average molecular weight is 292 g/mol. The number of unbranched alkanes of at least 4 members (excludes halogenated alkanes) is 1. The van der Waals surface area contributed by atoms with Crippen LogP contribution in [0.2, 0.25) is 0 Å². The second-order valence-corrected chi connectivity index (χ2v) is 5.49. The molecule has 4 amide bonds. The Hall–Kier alpha value is 0.560. The number of carbonyl (C=O) groups is 3. The van der Waals surface area contributed by atoms with Gasteiger partial charge in [0.05, 0.1) is 17.6 Å². The van der Waals surface area contributed by atoms with E-state index < -0.39 is 32.9 Å². The molecule has 0 N–H and O–H groups in total. The van der Waals surface area contributed by atoms with Crippen LogP contribution in [0, 0.1) is 0 Å². The van der Waals surface area contributed by atoms with Crippen molar-refractivity contribution in [1.29, 1.82) is 0 Å². The number of sulfone groups is 1. The number of amides is 4. The van der Waals surface area contributed by atoms with Gasteiger partial charge >= 0.3 is 59.1 Å². The van der Waals surface area contributed by atoms with Gasteiger partial charge in [0.1, 0.15) is 5.25 Å². The Morgan fingerprint density at radius 3 is 1.89 bits per heavy atom. The first-order chi connectivity index (χ1) is 7.38. The number of imide groups is 2. The molecule has 0 aromatic heterocycles. The van der Waals surface area contributed by atoms with Crippen LogP contribution in [0.25, 0.3) is 10.6 Å². The quantitative estimate of drug-likeness (QED) is 0.379. The van der Waals surface area contributed by atoms with E-state index in [1.165, 1.54) is 0 Å². The Labute approximate surface area is 149 Å². The third-order valence-corrected chi connectivity index (χ3v) is 3.98. The van der Waals surface area contributed by atoms with Crippen molar-refractivity contribution in [3.8, 4) is 0 Å². The van der Waals surface area contributed by atoms with Crippen molar-refractivity contribution in [2.75, 3.05) is 5.75 Å². The zero-order valence-corrected chi connectivity index (χ0v) is 15.4. The molecule has 0 aromatic carbocycles. The number of carbonyl (C=O) groups excluding carboxylic acids is 3. The van der Waals surface area contributed by atoms with Crippen molar-refractivity contribution in [3.63, 3.8) is 0 Å². The molecule has 0 spiro atoms. The largest absolute Gasteiger partial charge is 1.00 e. The molecule has 10 heteroatoms. The molecule has 1 saturated heterocycles. The average Bonchev–Trinajstić information content (AvgIpc) is 2.12. The van der Waals surface area contributed by atoms with Gasteiger partial charge in [0.25, 0.3) is 0 Å². The smallest absolute Gasteiger partial charge is 0.610 e. The summed E-state index contributed by atoms with van der Waals surface area (Å²) >= 11 is 0. The van der Waals surface area contributed by atoms with Gasteiger partial charge < -0.3 is 25.0 Å². The van der Waals surface area contributed by atoms with E-state index in [1.807, 2.05) is 0 Å². The van der Waals surface area contributed by atoms with Crippen LogP contribution in [0.15, 0.2) is 0 Å². The summed E-state index contributed by atoms with van der Waals surface area (Å²) in [5.41, 5.74) is 0. The second kappa shape index (κ2) is 8.68.